The van der Waals surface area contributed by atoms with Gasteiger partial charge in [-0.25, -0.2) is 9.18 Å². The highest BCUT2D eigenvalue weighted by molar-refractivity contribution is 5.76. The minimum atomic E-state index is -0.810. The first-order valence-corrected chi connectivity index (χ1v) is 10.7. The average Bonchev–Trinajstić information content (AvgIpc) is 2.79. The van der Waals surface area contributed by atoms with Gasteiger partial charge in [-0.3, -0.25) is 4.79 Å². The number of hydrogen-bond acceptors (Lipinski definition) is 4. The lowest BCUT2D eigenvalue weighted by Gasteiger charge is -2.38. The molecule has 2 N–H and O–H groups in total. The van der Waals surface area contributed by atoms with E-state index in [2.05, 4.69) is 5.32 Å². The number of amides is 2. The fraction of sp³-hybridized carbons (Fsp3) is 0.417. The van der Waals surface area contributed by atoms with Gasteiger partial charge in [-0.15, -0.1) is 0 Å². The summed E-state index contributed by atoms with van der Waals surface area (Å²) in [4.78, 5) is 25.4. The highest BCUT2D eigenvalue weighted by atomic mass is 19.1. The molecule has 1 atom stereocenters. The van der Waals surface area contributed by atoms with Crippen molar-refractivity contribution in [2.75, 3.05) is 27.3 Å². The van der Waals surface area contributed by atoms with Crippen LogP contribution in [0.4, 0.5) is 9.18 Å². The molecule has 0 fully saturated rings. The maximum absolute atomic E-state index is 13.6. The molecule has 1 aliphatic rings. The number of urea groups is 1. The maximum Gasteiger partial charge on any atom is 0.318 e. The molecular weight excluding hydrogens is 415 g/mol. The summed E-state index contributed by atoms with van der Waals surface area (Å²) in [6.45, 7) is 0.958. The Hall–Kier alpha value is -3.29. The molecule has 0 unspecified atom stereocenters. The number of hydrogen-bond donors (Lipinski definition) is 2. The molecule has 7 nitrogen and oxygen atoms in total. The second-order valence-corrected chi connectivity index (χ2v) is 7.74. The molecule has 2 aromatic carbocycles. The third-order valence-electron chi connectivity index (χ3n) is 5.66. The highest BCUT2D eigenvalue weighted by Crippen LogP contribution is 2.41. The van der Waals surface area contributed by atoms with Crippen molar-refractivity contribution in [1.29, 1.82) is 0 Å². The third kappa shape index (κ3) is 5.49. The molecule has 1 aliphatic heterocycles. The molecule has 172 valence electrons. The molecule has 2 amide bonds. The summed E-state index contributed by atoms with van der Waals surface area (Å²) < 4.78 is 24.5. The van der Waals surface area contributed by atoms with E-state index in [1.54, 1.807) is 31.3 Å². The van der Waals surface area contributed by atoms with E-state index in [-0.39, 0.29) is 18.3 Å². The zero-order valence-electron chi connectivity index (χ0n) is 18.4. The summed E-state index contributed by atoms with van der Waals surface area (Å²) in [6.07, 6.45) is 2.81. The lowest BCUT2D eigenvalue weighted by atomic mass is 9.88. The quantitative estimate of drug-likeness (QED) is 0.568. The van der Waals surface area contributed by atoms with E-state index in [1.807, 2.05) is 12.1 Å². The van der Waals surface area contributed by atoms with Gasteiger partial charge in [0.2, 0.25) is 0 Å². The summed E-state index contributed by atoms with van der Waals surface area (Å²) in [5, 5.41) is 11.7. The van der Waals surface area contributed by atoms with Crippen molar-refractivity contribution in [3.63, 3.8) is 0 Å². The van der Waals surface area contributed by atoms with Gasteiger partial charge in [-0.2, -0.15) is 0 Å². The molecule has 0 saturated heterocycles. The molecular formula is C24H29FN2O5. The molecule has 2 aromatic rings. The number of ether oxygens (including phenoxy) is 2. The topological polar surface area (TPSA) is 88.1 Å². The third-order valence-corrected chi connectivity index (χ3v) is 5.66. The molecule has 0 aromatic heterocycles. The normalized spacial score (nSPS) is 15.1. The van der Waals surface area contributed by atoms with E-state index in [9.17, 15) is 14.0 Å². The summed E-state index contributed by atoms with van der Waals surface area (Å²) in [5.74, 6) is 0.0482. The van der Waals surface area contributed by atoms with Gasteiger partial charge < -0.3 is 24.8 Å². The summed E-state index contributed by atoms with van der Waals surface area (Å²) in [5.41, 5.74) is 2.77. The van der Waals surface area contributed by atoms with Gasteiger partial charge in [0, 0.05) is 19.5 Å². The predicted molar refractivity (Wildman–Crippen MR) is 118 cm³/mol. The average molecular weight is 445 g/mol. The van der Waals surface area contributed by atoms with Crippen LogP contribution in [0, 0.1) is 5.82 Å². The van der Waals surface area contributed by atoms with Crippen molar-refractivity contribution in [3.8, 4) is 11.5 Å². The molecule has 3 rings (SSSR count). The number of nitrogens with zero attached hydrogens (tertiary/aromatic N) is 1. The molecule has 32 heavy (non-hydrogen) atoms. The lowest BCUT2D eigenvalue weighted by molar-refractivity contribution is -0.137. The summed E-state index contributed by atoms with van der Waals surface area (Å²) in [6, 6.07) is 9.38. The lowest BCUT2D eigenvalue weighted by Crippen LogP contribution is -2.46. The zero-order chi connectivity index (χ0) is 23.1. The molecule has 0 saturated carbocycles. The largest absolute Gasteiger partial charge is 0.493 e. The van der Waals surface area contributed by atoms with Crippen molar-refractivity contribution in [2.24, 2.45) is 0 Å². The van der Waals surface area contributed by atoms with Crippen molar-refractivity contribution in [2.45, 2.75) is 38.1 Å². The van der Waals surface area contributed by atoms with Crippen LogP contribution >= 0.6 is 0 Å². The number of nitrogens with one attached hydrogen (secondary N) is 1. The minimum Gasteiger partial charge on any atom is -0.493 e. The van der Waals surface area contributed by atoms with Crippen molar-refractivity contribution in [1.82, 2.24) is 10.2 Å². The maximum atomic E-state index is 13.6. The Morgan fingerprint density at radius 1 is 1.09 bits per heavy atom. The highest BCUT2D eigenvalue weighted by Gasteiger charge is 2.33. The van der Waals surface area contributed by atoms with E-state index < -0.39 is 12.0 Å². The smallest absolute Gasteiger partial charge is 0.318 e. The minimum absolute atomic E-state index is 0.134. The number of carboxylic acid groups (broad SMARTS) is 1. The number of carboxylic acids is 1. The number of carbonyl (C=O) groups is 2. The van der Waals surface area contributed by atoms with Crippen molar-refractivity contribution < 1.29 is 28.6 Å². The van der Waals surface area contributed by atoms with Crippen LogP contribution in [0.1, 0.15) is 48.4 Å². The van der Waals surface area contributed by atoms with Gasteiger partial charge >= 0.3 is 12.0 Å². The number of unbranched alkanes of at least 4 members (excludes halogenated alkanes) is 2. The van der Waals surface area contributed by atoms with Crippen LogP contribution < -0.4 is 14.8 Å². The van der Waals surface area contributed by atoms with Gasteiger partial charge in [0.1, 0.15) is 5.82 Å². The fourth-order valence-electron chi connectivity index (χ4n) is 4.04. The number of methoxy groups -OCH3 is 2. The second-order valence-electron chi connectivity index (χ2n) is 7.74. The number of halogens is 1. The SMILES string of the molecule is COc1cc2c(cc1OC)[C@H](c1ccc(F)cc1)N(C(=O)NCCCCCC(=O)O)CC2. The van der Waals surface area contributed by atoms with Crippen LogP contribution in [-0.2, 0) is 11.2 Å². The van der Waals surface area contributed by atoms with Crippen LogP contribution in [0.3, 0.4) is 0 Å². The standard InChI is InChI=1S/C24H29FN2O5/c1-31-20-14-17-11-13-27(24(30)26-12-5-3-4-6-22(28)29)23(19(17)15-21(20)32-2)16-7-9-18(25)10-8-16/h7-10,14-15,23H,3-6,11-13H2,1-2H3,(H,26,30)(H,28,29)/t23-/m0/s1. The Bertz CT molecular complexity index is 948. The first-order valence-electron chi connectivity index (χ1n) is 10.7. The number of aliphatic carboxylic acids is 1. The second kappa shape index (κ2) is 10.8. The van der Waals surface area contributed by atoms with E-state index >= 15 is 0 Å². The molecule has 1 heterocycles. The van der Waals surface area contributed by atoms with Crippen molar-refractivity contribution >= 4 is 12.0 Å². The number of carbonyl (C=O) groups excluding carboxylic acids is 1. The van der Waals surface area contributed by atoms with Crippen LogP contribution in [0.2, 0.25) is 0 Å². The zero-order valence-corrected chi connectivity index (χ0v) is 18.4. The van der Waals surface area contributed by atoms with Crippen LogP contribution in [-0.4, -0.2) is 49.3 Å². The van der Waals surface area contributed by atoms with E-state index in [0.29, 0.717) is 43.9 Å². The number of rotatable bonds is 9. The van der Waals surface area contributed by atoms with Gasteiger partial charge in [-0.05, 0) is 60.2 Å². The van der Waals surface area contributed by atoms with Gasteiger partial charge in [0.25, 0.3) is 0 Å². The Kier molecular flexibility index (Phi) is 7.92. The first kappa shape index (κ1) is 23.4. The van der Waals surface area contributed by atoms with Gasteiger partial charge in [0.15, 0.2) is 11.5 Å². The van der Waals surface area contributed by atoms with Crippen LogP contribution in [0.25, 0.3) is 0 Å². The monoisotopic (exact) mass is 444 g/mol. The van der Waals surface area contributed by atoms with Gasteiger partial charge in [0.05, 0.1) is 20.3 Å². The van der Waals surface area contributed by atoms with E-state index in [1.165, 1.54) is 12.1 Å². The Labute approximate surface area is 187 Å². The molecule has 0 aliphatic carbocycles. The first-order chi connectivity index (χ1) is 15.4. The van der Waals surface area contributed by atoms with Crippen LogP contribution in [0.15, 0.2) is 36.4 Å². The predicted octanol–water partition coefficient (Wildman–Crippen LogP) is 4.15. The Balaban J connectivity index is 1.82. The van der Waals surface area contributed by atoms with Crippen LogP contribution in [0.5, 0.6) is 11.5 Å². The molecule has 8 heteroatoms. The molecule has 0 bridgehead atoms. The van der Waals surface area contributed by atoms with E-state index in [0.717, 1.165) is 23.1 Å². The summed E-state index contributed by atoms with van der Waals surface area (Å²) in [7, 11) is 3.15. The summed E-state index contributed by atoms with van der Waals surface area (Å²) >= 11 is 0. The Morgan fingerprint density at radius 3 is 2.44 bits per heavy atom. The Morgan fingerprint density at radius 2 is 1.78 bits per heavy atom. The number of benzene rings is 2. The molecule has 0 spiro atoms. The van der Waals surface area contributed by atoms with Crippen molar-refractivity contribution in [3.05, 3.63) is 58.9 Å². The number of fused-ring (bicyclic) bond motifs is 1. The van der Waals surface area contributed by atoms with Gasteiger partial charge in [-0.1, -0.05) is 18.6 Å². The fourth-order valence-corrected chi connectivity index (χ4v) is 4.04. The molecule has 0 radical (unpaired) electrons. The van der Waals surface area contributed by atoms with E-state index in [4.69, 9.17) is 14.6 Å².